The first-order valence-corrected chi connectivity index (χ1v) is 6.25. The monoisotopic (exact) mass is 250 g/mol. The van der Waals surface area contributed by atoms with Gasteiger partial charge in [-0.3, -0.25) is 20.0 Å². The standard InChI is InChI=1S/C12H18N4O2/c1-10(15-6-2-3-7-15)8-14-11-4-5-13-9-12(11)16(17)18/h4-5,9-10H,2-3,6-8H2,1H3,(H,13,14). The fraction of sp³-hybridized carbons (Fsp3) is 0.583. The lowest BCUT2D eigenvalue weighted by Crippen LogP contribution is -2.35. The van der Waals surface area contributed by atoms with Crippen LogP contribution in [0, 0.1) is 10.1 Å². The number of likely N-dealkylation sites (tertiary alicyclic amines) is 1. The molecule has 0 spiro atoms. The van der Waals surface area contributed by atoms with Gasteiger partial charge in [0.25, 0.3) is 0 Å². The van der Waals surface area contributed by atoms with Gasteiger partial charge in [0.1, 0.15) is 11.9 Å². The van der Waals surface area contributed by atoms with Crippen LogP contribution in [0.1, 0.15) is 19.8 Å². The average molecular weight is 250 g/mol. The minimum atomic E-state index is -0.407. The number of hydrogen-bond acceptors (Lipinski definition) is 5. The van der Waals surface area contributed by atoms with Crippen LogP contribution >= 0.6 is 0 Å². The van der Waals surface area contributed by atoms with Crippen molar-refractivity contribution in [1.82, 2.24) is 9.88 Å². The maximum absolute atomic E-state index is 10.8. The number of hydrogen-bond donors (Lipinski definition) is 1. The third-order valence-corrected chi connectivity index (χ3v) is 3.35. The van der Waals surface area contributed by atoms with Gasteiger partial charge in [-0.15, -0.1) is 0 Å². The first-order valence-electron chi connectivity index (χ1n) is 6.25. The summed E-state index contributed by atoms with van der Waals surface area (Å²) in [4.78, 5) is 16.6. The maximum atomic E-state index is 10.8. The zero-order chi connectivity index (χ0) is 13.0. The molecule has 1 fully saturated rings. The summed E-state index contributed by atoms with van der Waals surface area (Å²) < 4.78 is 0. The van der Waals surface area contributed by atoms with Crippen LogP contribution in [0.3, 0.4) is 0 Å². The molecule has 1 aliphatic rings. The van der Waals surface area contributed by atoms with E-state index in [4.69, 9.17) is 0 Å². The molecule has 98 valence electrons. The van der Waals surface area contributed by atoms with Gasteiger partial charge in [-0.2, -0.15) is 0 Å². The highest BCUT2D eigenvalue weighted by molar-refractivity contribution is 5.59. The molecule has 1 aromatic rings. The van der Waals surface area contributed by atoms with Crippen LogP contribution in [0.25, 0.3) is 0 Å². The van der Waals surface area contributed by atoms with E-state index in [1.54, 1.807) is 12.3 Å². The summed E-state index contributed by atoms with van der Waals surface area (Å²) in [6, 6.07) is 2.04. The normalized spacial score (nSPS) is 17.6. The second kappa shape index (κ2) is 5.77. The molecule has 2 rings (SSSR count). The van der Waals surface area contributed by atoms with Gasteiger partial charge in [0.15, 0.2) is 0 Å². The summed E-state index contributed by atoms with van der Waals surface area (Å²) >= 11 is 0. The van der Waals surface area contributed by atoms with Crippen LogP contribution in [-0.2, 0) is 0 Å². The van der Waals surface area contributed by atoms with Gasteiger partial charge in [0, 0.05) is 18.8 Å². The van der Waals surface area contributed by atoms with Crippen LogP contribution in [0.5, 0.6) is 0 Å². The van der Waals surface area contributed by atoms with Crippen LogP contribution in [0.4, 0.5) is 11.4 Å². The van der Waals surface area contributed by atoms with Crippen molar-refractivity contribution in [2.45, 2.75) is 25.8 Å². The van der Waals surface area contributed by atoms with Gasteiger partial charge >= 0.3 is 5.69 Å². The largest absolute Gasteiger partial charge is 0.378 e. The lowest BCUT2D eigenvalue weighted by Gasteiger charge is -2.24. The van der Waals surface area contributed by atoms with Gasteiger partial charge < -0.3 is 5.32 Å². The molecule has 0 aromatic carbocycles. The molecule has 0 saturated carbocycles. The SMILES string of the molecule is CC(CNc1ccncc1[N+](=O)[O-])N1CCCC1. The second-order valence-corrected chi connectivity index (χ2v) is 4.62. The molecule has 0 amide bonds. The van der Waals surface area contributed by atoms with E-state index < -0.39 is 4.92 Å². The first-order chi connectivity index (χ1) is 8.68. The minimum absolute atomic E-state index is 0.0334. The van der Waals surface area contributed by atoms with Crippen molar-refractivity contribution in [3.63, 3.8) is 0 Å². The molecule has 0 aliphatic carbocycles. The molecule has 1 atom stereocenters. The summed E-state index contributed by atoms with van der Waals surface area (Å²) in [5.74, 6) is 0. The Bertz CT molecular complexity index is 418. The van der Waals surface area contributed by atoms with E-state index in [-0.39, 0.29) is 5.69 Å². The van der Waals surface area contributed by atoms with E-state index in [1.807, 2.05) is 0 Å². The number of nitrogens with zero attached hydrogens (tertiary/aromatic N) is 3. The molecule has 6 nitrogen and oxygen atoms in total. The van der Waals surface area contributed by atoms with Gasteiger partial charge in [-0.1, -0.05) is 0 Å². The molecule has 6 heteroatoms. The smallest absolute Gasteiger partial charge is 0.310 e. The molecule has 1 aromatic heterocycles. The number of rotatable bonds is 5. The van der Waals surface area contributed by atoms with Crippen LogP contribution < -0.4 is 5.32 Å². The van der Waals surface area contributed by atoms with Crippen molar-refractivity contribution in [3.8, 4) is 0 Å². The number of nitrogens with one attached hydrogen (secondary N) is 1. The van der Waals surface area contributed by atoms with Gasteiger partial charge in [-0.05, 0) is 38.9 Å². The fourth-order valence-corrected chi connectivity index (χ4v) is 2.25. The van der Waals surface area contributed by atoms with Crippen LogP contribution in [0.2, 0.25) is 0 Å². The predicted molar refractivity (Wildman–Crippen MR) is 69.7 cm³/mol. The second-order valence-electron chi connectivity index (χ2n) is 4.62. The average Bonchev–Trinajstić information content (AvgIpc) is 2.90. The number of aromatic nitrogens is 1. The molecule has 0 radical (unpaired) electrons. The Morgan fingerprint density at radius 3 is 2.94 bits per heavy atom. The highest BCUT2D eigenvalue weighted by Crippen LogP contribution is 2.22. The third-order valence-electron chi connectivity index (χ3n) is 3.35. The van der Waals surface area contributed by atoms with Crippen LogP contribution in [-0.4, -0.2) is 40.5 Å². The van der Waals surface area contributed by atoms with E-state index >= 15 is 0 Å². The Kier molecular flexibility index (Phi) is 4.09. The van der Waals surface area contributed by atoms with Crippen molar-refractivity contribution in [2.24, 2.45) is 0 Å². The summed E-state index contributed by atoms with van der Waals surface area (Å²) in [7, 11) is 0. The van der Waals surface area contributed by atoms with Crippen molar-refractivity contribution < 1.29 is 4.92 Å². The number of nitro groups is 1. The first kappa shape index (κ1) is 12.8. The highest BCUT2D eigenvalue weighted by atomic mass is 16.6. The van der Waals surface area contributed by atoms with Crippen molar-refractivity contribution in [2.75, 3.05) is 25.0 Å². The Labute approximate surface area is 106 Å². The number of pyridine rings is 1. The molecular weight excluding hydrogens is 232 g/mol. The topological polar surface area (TPSA) is 71.3 Å². The van der Waals surface area contributed by atoms with Crippen molar-refractivity contribution >= 4 is 11.4 Å². The van der Waals surface area contributed by atoms with E-state index in [0.29, 0.717) is 18.3 Å². The number of anilines is 1. The van der Waals surface area contributed by atoms with E-state index in [2.05, 4.69) is 22.1 Å². The Balaban J connectivity index is 1.95. The summed E-state index contributed by atoms with van der Waals surface area (Å²) in [6.45, 7) is 5.11. The lowest BCUT2D eigenvalue weighted by molar-refractivity contribution is -0.384. The summed E-state index contributed by atoms with van der Waals surface area (Å²) in [5.41, 5.74) is 0.576. The molecule has 18 heavy (non-hydrogen) atoms. The van der Waals surface area contributed by atoms with Crippen LogP contribution in [0.15, 0.2) is 18.5 Å². The quantitative estimate of drug-likeness (QED) is 0.638. The Morgan fingerprint density at radius 2 is 2.28 bits per heavy atom. The summed E-state index contributed by atoms with van der Waals surface area (Å²) in [5, 5.41) is 14.0. The van der Waals surface area contributed by atoms with E-state index in [1.165, 1.54) is 19.0 Å². The highest BCUT2D eigenvalue weighted by Gasteiger charge is 2.19. The molecule has 1 saturated heterocycles. The van der Waals surface area contributed by atoms with Gasteiger partial charge in [-0.25, -0.2) is 0 Å². The van der Waals surface area contributed by atoms with Gasteiger partial charge in [0.2, 0.25) is 0 Å². The lowest BCUT2D eigenvalue weighted by atomic mass is 10.2. The third kappa shape index (κ3) is 2.95. The maximum Gasteiger partial charge on any atom is 0.310 e. The molecule has 0 bridgehead atoms. The zero-order valence-corrected chi connectivity index (χ0v) is 10.5. The molecule has 2 heterocycles. The Morgan fingerprint density at radius 1 is 1.56 bits per heavy atom. The zero-order valence-electron chi connectivity index (χ0n) is 10.5. The fourth-order valence-electron chi connectivity index (χ4n) is 2.25. The van der Waals surface area contributed by atoms with E-state index in [0.717, 1.165) is 13.1 Å². The summed E-state index contributed by atoms with van der Waals surface area (Å²) in [6.07, 6.45) is 5.35. The van der Waals surface area contributed by atoms with Gasteiger partial charge in [0.05, 0.1) is 4.92 Å². The molecule has 1 aliphatic heterocycles. The van der Waals surface area contributed by atoms with E-state index in [9.17, 15) is 10.1 Å². The molecule has 1 unspecified atom stereocenters. The predicted octanol–water partition coefficient (Wildman–Crippen LogP) is 1.89. The molecular formula is C12H18N4O2. The molecule has 1 N–H and O–H groups in total. The van der Waals surface area contributed by atoms with Crippen molar-refractivity contribution in [3.05, 3.63) is 28.6 Å². The Hall–Kier alpha value is -1.69. The van der Waals surface area contributed by atoms with Crippen molar-refractivity contribution in [1.29, 1.82) is 0 Å². The minimum Gasteiger partial charge on any atom is -0.378 e.